The molecule has 1 aliphatic carbocycles. The Bertz CT molecular complexity index is 564. The van der Waals surface area contributed by atoms with E-state index in [0.717, 1.165) is 43.5 Å². The van der Waals surface area contributed by atoms with Crippen molar-refractivity contribution in [3.8, 4) is 0 Å². The molecule has 3 rings (SSSR count). The number of hydrogen-bond donors (Lipinski definition) is 2. The van der Waals surface area contributed by atoms with Gasteiger partial charge in [0.25, 0.3) is 0 Å². The molecule has 1 saturated carbocycles. The number of carbonyl (C=O) groups excluding carboxylic acids is 1. The van der Waals surface area contributed by atoms with Crippen molar-refractivity contribution in [3.05, 3.63) is 29.8 Å². The summed E-state index contributed by atoms with van der Waals surface area (Å²) in [5, 5.41) is 6.53. The Morgan fingerprint density at radius 1 is 1.17 bits per heavy atom. The van der Waals surface area contributed by atoms with Gasteiger partial charge in [0.15, 0.2) is 0 Å². The highest BCUT2D eigenvalue weighted by Crippen LogP contribution is 2.24. The first-order valence-electron chi connectivity index (χ1n) is 8.73. The van der Waals surface area contributed by atoms with Gasteiger partial charge in [-0.05, 0) is 49.9 Å². The highest BCUT2D eigenvalue weighted by Gasteiger charge is 2.22. The van der Waals surface area contributed by atoms with E-state index in [1.54, 1.807) is 0 Å². The van der Waals surface area contributed by atoms with Crippen molar-refractivity contribution in [2.75, 3.05) is 11.9 Å². The highest BCUT2D eigenvalue weighted by atomic mass is 32.2. The van der Waals surface area contributed by atoms with Crippen LogP contribution in [0.3, 0.4) is 0 Å². The molecule has 1 aromatic rings. The summed E-state index contributed by atoms with van der Waals surface area (Å²) in [4.78, 5) is 12.2. The fraction of sp³-hybridized carbons (Fsp3) is 0.611. The molecule has 2 fully saturated rings. The summed E-state index contributed by atoms with van der Waals surface area (Å²) < 4.78 is 12.5. The van der Waals surface area contributed by atoms with E-state index in [1.165, 1.54) is 19.3 Å². The van der Waals surface area contributed by atoms with Crippen molar-refractivity contribution >= 4 is 22.4 Å². The van der Waals surface area contributed by atoms with Gasteiger partial charge in [-0.1, -0.05) is 31.4 Å². The predicted octanol–water partition coefficient (Wildman–Crippen LogP) is 2.96. The second-order valence-corrected chi connectivity index (χ2v) is 8.34. The standard InChI is InChI=1S/C18H26N2O2S/c21-18(17-10-5-11-19-17)20-15-7-4-6-14(12-15)13-23(22)16-8-2-1-3-9-16/h4,6-7,12,16-17,19H,1-3,5,8-11,13H2,(H,20,21). The Morgan fingerprint density at radius 2 is 2.00 bits per heavy atom. The molecule has 2 unspecified atom stereocenters. The molecule has 1 heterocycles. The molecule has 2 N–H and O–H groups in total. The summed E-state index contributed by atoms with van der Waals surface area (Å²) >= 11 is 0. The van der Waals surface area contributed by atoms with Gasteiger partial charge in [0.05, 0.1) is 6.04 Å². The van der Waals surface area contributed by atoms with Crippen LogP contribution in [0.5, 0.6) is 0 Å². The third-order valence-corrected chi connectivity index (χ3v) is 6.64. The maximum atomic E-state index is 12.5. The lowest BCUT2D eigenvalue weighted by molar-refractivity contribution is -0.117. The van der Waals surface area contributed by atoms with Gasteiger partial charge in [-0.3, -0.25) is 9.00 Å². The molecular weight excluding hydrogens is 308 g/mol. The van der Waals surface area contributed by atoms with Gasteiger partial charge in [-0.15, -0.1) is 0 Å². The molecule has 5 heteroatoms. The summed E-state index contributed by atoms with van der Waals surface area (Å²) in [5.74, 6) is 0.629. The summed E-state index contributed by atoms with van der Waals surface area (Å²) in [6.45, 7) is 0.915. The van der Waals surface area contributed by atoms with E-state index in [4.69, 9.17) is 0 Å². The van der Waals surface area contributed by atoms with Crippen molar-refractivity contribution in [2.45, 2.75) is 62.0 Å². The first-order valence-corrected chi connectivity index (χ1v) is 10.1. The fourth-order valence-corrected chi connectivity index (χ4v) is 5.09. The van der Waals surface area contributed by atoms with E-state index >= 15 is 0 Å². The summed E-state index contributed by atoms with van der Waals surface area (Å²) in [5.41, 5.74) is 1.85. The maximum absolute atomic E-state index is 12.5. The molecule has 0 radical (unpaired) electrons. The van der Waals surface area contributed by atoms with Crippen LogP contribution < -0.4 is 10.6 Å². The zero-order valence-corrected chi connectivity index (χ0v) is 14.4. The molecule has 1 amide bonds. The summed E-state index contributed by atoms with van der Waals surface area (Å²) in [6.07, 6.45) is 7.84. The average Bonchev–Trinajstić information content (AvgIpc) is 3.10. The summed E-state index contributed by atoms with van der Waals surface area (Å²) in [6, 6.07) is 7.73. The Hall–Kier alpha value is -1.20. The molecule has 1 saturated heterocycles. The number of benzene rings is 1. The van der Waals surface area contributed by atoms with Crippen LogP contribution in [0.15, 0.2) is 24.3 Å². The van der Waals surface area contributed by atoms with Gasteiger partial charge in [0, 0.05) is 27.5 Å². The number of amides is 1. The van der Waals surface area contributed by atoms with Crippen molar-refractivity contribution < 1.29 is 9.00 Å². The number of hydrogen-bond acceptors (Lipinski definition) is 3. The Kier molecular flexibility index (Phi) is 5.84. The number of anilines is 1. The molecule has 0 aromatic heterocycles. The number of nitrogens with one attached hydrogen (secondary N) is 2. The number of rotatable bonds is 5. The first kappa shape index (κ1) is 16.7. The first-order chi connectivity index (χ1) is 11.2. The predicted molar refractivity (Wildman–Crippen MR) is 94.8 cm³/mol. The zero-order chi connectivity index (χ0) is 16.1. The Balaban J connectivity index is 1.58. The lowest BCUT2D eigenvalue weighted by Gasteiger charge is -2.21. The molecule has 2 aliphatic rings. The largest absolute Gasteiger partial charge is 0.325 e. The third kappa shape index (κ3) is 4.64. The van der Waals surface area contributed by atoms with Gasteiger partial charge in [-0.25, -0.2) is 0 Å². The van der Waals surface area contributed by atoms with E-state index < -0.39 is 10.8 Å². The van der Waals surface area contributed by atoms with Gasteiger partial charge in [0.2, 0.25) is 5.91 Å². The van der Waals surface area contributed by atoms with Gasteiger partial charge >= 0.3 is 0 Å². The summed E-state index contributed by atoms with van der Waals surface area (Å²) in [7, 11) is -0.805. The normalized spacial score (nSPS) is 23.6. The highest BCUT2D eigenvalue weighted by molar-refractivity contribution is 7.84. The van der Waals surface area contributed by atoms with Crippen LogP contribution in [0, 0.1) is 0 Å². The minimum atomic E-state index is -0.805. The van der Waals surface area contributed by atoms with Crippen molar-refractivity contribution in [1.82, 2.24) is 5.32 Å². The SMILES string of the molecule is O=C(Nc1cccc(CS(=O)C2CCCCC2)c1)C1CCCN1. The quantitative estimate of drug-likeness (QED) is 0.870. The van der Waals surface area contributed by atoms with Gasteiger partial charge in [-0.2, -0.15) is 0 Å². The third-order valence-electron chi connectivity index (χ3n) is 4.80. The zero-order valence-electron chi connectivity index (χ0n) is 13.6. The van der Waals surface area contributed by atoms with Crippen molar-refractivity contribution in [2.24, 2.45) is 0 Å². The van der Waals surface area contributed by atoms with Crippen molar-refractivity contribution in [3.63, 3.8) is 0 Å². The fourth-order valence-electron chi connectivity index (χ4n) is 3.49. The van der Waals surface area contributed by atoms with E-state index in [-0.39, 0.29) is 11.9 Å². The maximum Gasteiger partial charge on any atom is 0.241 e. The Morgan fingerprint density at radius 3 is 2.74 bits per heavy atom. The van der Waals surface area contributed by atoms with Crippen LogP contribution in [0.25, 0.3) is 0 Å². The van der Waals surface area contributed by atoms with Gasteiger partial charge in [0.1, 0.15) is 0 Å². The second-order valence-electron chi connectivity index (χ2n) is 6.62. The van der Waals surface area contributed by atoms with Crippen LogP contribution >= 0.6 is 0 Å². The van der Waals surface area contributed by atoms with E-state index in [2.05, 4.69) is 10.6 Å². The monoisotopic (exact) mass is 334 g/mol. The molecule has 1 aromatic carbocycles. The average molecular weight is 334 g/mol. The van der Waals surface area contributed by atoms with Gasteiger partial charge < -0.3 is 10.6 Å². The smallest absolute Gasteiger partial charge is 0.241 e. The van der Waals surface area contributed by atoms with E-state index in [9.17, 15) is 9.00 Å². The van der Waals surface area contributed by atoms with E-state index in [0.29, 0.717) is 11.0 Å². The van der Waals surface area contributed by atoms with E-state index in [1.807, 2.05) is 24.3 Å². The number of carbonyl (C=O) groups is 1. The molecule has 126 valence electrons. The molecule has 0 spiro atoms. The Labute approximate surface area is 140 Å². The lowest BCUT2D eigenvalue weighted by Crippen LogP contribution is -2.35. The van der Waals surface area contributed by atoms with Crippen molar-refractivity contribution in [1.29, 1.82) is 0 Å². The molecule has 23 heavy (non-hydrogen) atoms. The minimum absolute atomic E-state index is 0.0352. The molecule has 4 nitrogen and oxygen atoms in total. The van der Waals surface area contributed by atoms with Crippen LogP contribution in [0.4, 0.5) is 5.69 Å². The van der Waals surface area contributed by atoms with Crippen LogP contribution in [0.2, 0.25) is 0 Å². The van der Waals surface area contributed by atoms with Crippen LogP contribution in [-0.4, -0.2) is 28.0 Å². The molecule has 0 bridgehead atoms. The topological polar surface area (TPSA) is 58.2 Å². The lowest BCUT2D eigenvalue weighted by atomic mass is 10.0. The minimum Gasteiger partial charge on any atom is -0.325 e. The molecule has 1 aliphatic heterocycles. The molecule has 2 atom stereocenters. The second kappa shape index (κ2) is 8.06. The van der Waals surface area contributed by atoms with Crippen LogP contribution in [0.1, 0.15) is 50.5 Å². The molecular formula is C18H26N2O2S. The van der Waals surface area contributed by atoms with Crippen LogP contribution in [-0.2, 0) is 21.3 Å².